The molecular formula is C62H37F3N2O2. The fourth-order valence-corrected chi connectivity index (χ4v) is 10.9. The molecule has 2 aromatic heterocycles. The Morgan fingerprint density at radius 2 is 0.754 bits per heavy atom. The number of rotatable bonds is 6. The molecule has 14 rings (SSSR count). The summed E-state index contributed by atoms with van der Waals surface area (Å²) in [6.45, 7) is 2.09. The van der Waals surface area contributed by atoms with Gasteiger partial charge in [0.2, 0.25) is 0 Å². The zero-order valence-electron chi connectivity index (χ0n) is 37.0. The van der Waals surface area contributed by atoms with Crippen LogP contribution in [0.3, 0.4) is 0 Å². The molecule has 0 fully saturated rings. The number of hydrogen-bond acceptors (Lipinski definition) is 4. The second-order valence-electron chi connectivity index (χ2n) is 18.0. The predicted octanol–water partition coefficient (Wildman–Crippen LogP) is 19.0. The van der Waals surface area contributed by atoms with E-state index in [-0.39, 0.29) is 0 Å². The standard InChI is InChI=1S/C62H37F3N2O2/c1-36-16-26-42(27-17-36)66(52-14-6-12-48-58-44-10-4-2-8-37(44)22-34-54(58)68-60(48)52)50-32-20-39-19-31-47-51(33-21-40-18-30-46(50)56(39)57(40)47)67(43-28-24-41(25-29-43)62(63,64)65)53-15-7-13-49-59-45-11-5-3-9-38(45)23-35-55(59)69-61(49)53/h2-35H,1H3. The van der Waals surface area contributed by atoms with Crippen LogP contribution in [-0.4, -0.2) is 0 Å². The van der Waals surface area contributed by atoms with E-state index in [9.17, 15) is 13.2 Å². The monoisotopic (exact) mass is 898 g/mol. The first kappa shape index (κ1) is 39.4. The Bertz CT molecular complexity index is 4380. The van der Waals surface area contributed by atoms with Gasteiger partial charge < -0.3 is 18.6 Å². The van der Waals surface area contributed by atoms with Crippen LogP contribution in [0.25, 0.3) is 97.7 Å². The highest BCUT2D eigenvalue weighted by molar-refractivity contribution is 6.29. The van der Waals surface area contributed by atoms with Crippen molar-refractivity contribution in [3.8, 4) is 0 Å². The van der Waals surface area contributed by atoms with E-state index in [0.29, 0.717) is 17.0 Å². The van der Waals surface area contributed by atoms with Crippen LogP contribution >= 0.6 is 0 Å². The first-order valence-corrected chi connectivity index (χ1v) is 23.0. The van der Waals surface area contributed by atoms with Crippen LogP contribution in [0.2, 0.25) is 0 Å². The van der Waals surface area contributed by atoms with E-state index in [1.54, 1.807) is 12.1 Å². The van der Waals surface area contributed by atoms with Crippen LogP contribution in [0.1, 0.15) is 11.1 Å². The van der Waals surface area contributed by atoms with Crippen LogP contribution in [0.15, 0.2) is 215 Å². The average Bonchev–Trinajstić information content (AvgIpc) is 3.97. The molecule has 328 valence electrons. The average molecular weight is 899 g/mol. The molecule has 0 saturated heterocycles. The summed E-state index contributed by atoms with van der Waals surface area (Å²) in [5.41, 5.74) is 8.36. The van der Waals surface area contributed by atoms with Gasteiger partial charge in [0.25, 0.3) is 0 Å². The predicted molar refractivity (Wildman–Crippen MR) is 279 cm³/mol. The molecule has 0 aliphatic carbocycles. The second kappa shape index (κ2) is 14.6. The summed E-state index contributed by atoms with van der Waals surface area (Å²) in [5, 5.41) is 14.7. The minimum atomic E-state index is -4.50. The highest BCUT2D eigenvalue weighted by atomic mass is 19.4. The highest BCUT2D eigenvalue weighted by Crippen LogP contribution is 2.51. The first-order valence-electron chi connectivity index (χ1n) is 23.0. The van der Waals surface area contributed by atoms with Crippen molar-refractivity contribution >= 4 is 132 Å². The van der Waals surface area contributed by atoms with Crippen molar-refractivity contribution in [3.05, 3.63) is 217 Å². The summed E-state index contributed by atoms with van der Waals surface area (Å²) in [5.74, 6) is 0. The lowest BCUT2D eigenvalue weighted by Crippen LogP contribution is -2.12. The maximum Gasteiger partial charge on any atom is 0.416 e. The van der Waals surface area contributed by atoms with Gasteiger partial charge in [-0.1, -0.05) is 139 Å². The molecular weight excluding hydrogens is 862 g/mol. The van der Waals surface area contributed by atoms with Gasteiger partial charge in [-0.3, -0.25) is 0 Å². The van der Waals surface area contributed by atoms with E-state index in [1.165, 1.54) is 0 Å². The molecule has 0 aliphatic heterocycles. The number of alkyl halides is 3. The minimum absolute atomic E-state index is 0.564. The fourth-order valence-electron chi connectivity index (χ4n) is 10.9. The van der Waals surface area contributed by atoms with Gasteiger partial charge in [-0.2, -0.15) is 13.2 Å². The number of fused-ring (bicyclic) bond motifs is 10. The molecule has 0 amide bonds. The Kier molecular flexibility index (Phi) is 8.33. The normalized spacial score (nSPS) is 12.3. The Hall–Kier alpha value is -8.81. The zero-order chi connectivity index (χ0) is 46.1. The summed E-state index contributed by atoms with van der Waals surface area (Å²) in [7, 11) is 0. The summed E-state index contributed by atoms with van der Waals surface area (Å²) in [6, 6.07) is 68.6. The van der Waals surface area contributed by atoms with Crippen molar-refractivity contribution in [2.24, 2.45) is 0 Å². The maximum absolute atomic E-state index is 14.1. The highest BCUT2D eigenvalue weighted by Gasteiger charge is 2.31. The second-order valence-corrected chi connectivity index (χ2v) is 18.0. The van der Waals surface area contributed by atoms with E-state index in [4.69, 9.17) is 8.83 Å². The molecule has 12 aromatic carbocycles. The molecule has 0 saturated carbocycles. The quantitative estimate of drug-likeness (QED) is 0.156. The first-order chi connectivity index (χ1) is 33.8. The molecule has 0 radical (unpaired) electrons. The number of furan rings is 2. The van der Waals surface area contributed by atoms with Crippen molar-refractivity contribution in [1.82, 2.24) is 0 Å². The van der Waals surface area contributed by atoms with Gasteiger partial charge in [-0.05, 0) is 123 Å². The van der Waals surface area contributed by atoms with Gasteiger partial charge in [0, 0.05) is 43.7 Å². The molecule has 0 unspecified atom stereocenters. The summed E-state index contributed by atoms with van der Waals surface area (Å²) >= 11 is 0. The largest absolute Gasteiger partial charge is 0.454 e. The molecule has 0 N–H and O–H groups in total. The van der Waals surface area contributed by atoms with Gasteiger partial charge in [-0.15, -0.1) is 0 Å². The van der Waals surface area contributed by atoms with Crippen molar-refractivity contribution in [1.29, 1.82) is 0 Å². The van der Waals surface area contributed by atoms with Crippen LogP contribution in [-0.2, 0) is 6.18 Å². The number of para-hydroxylation sites is 2. The van der Waals surface area contributed by atoms with Crippen LogP contribution < -0.4 is 9.80 Å². The maximum atomic E-state index is 14.1. The molecule has 7 heteroatoms. The number of aryl methyl sites for hydroxylation is 1. The summed E-state index contributed by atoms with van der Waals surface area (Å²) < 4.78 is 56.0. The number of benzene rings is 12. The van der Waals surface area contributed by atoms with E-state index in [1.807, 2.05) is 35.2 Å². The molecule has 14 aromatic rings. The Morgan fingerprint density at radius 1 is 0.333 bits per heavy atom. The summed E-state index contributed by atoms with van der Waals surface area (Å²) in [6.07, 6.45) is -4.50. The van der Waals surface area contributed by atoms with Crippen LogP contribution in [0, 0.1) is 6.92 Å². The Balaban J connectivity index is 1.02. The lowest BCUT2D eigenvalue weighted by molar-refractivity contribution is -0.137. The minimum Gasteiger partial charge on any atom is -0.454 e. The topological polar surface area (TPSA) is 32.8 Å². The number of hydrogen-bond donors (Lipinski definition) is 0. The molecule has 0 aliphatic rings. The number of anilines is 6. The third-order valence-corrected chi connectivity index (χ3v) is 14.1. The molecule has 0 atom stereocenters. The smallest absolute Gasteiger partial charge is 0.416 e. The third-order valence-electron chi connectivity index (χ3n) is 14.1. The lowest BCUT2D eigenvalue weighted by atomic mass is 9.91. The van der Waals surface area contributed by atoms with E-state index >= 15 is 0 Å². The molecule has 4 nitrogen and oxygen atoms in total. The molecule has 2 heterocycles. The number of nitrogens with zero attached hydrogens (tertiary/aromatic N) is 2. The molecule has 69 heavy (non-hydrogen) atoms. The van der Waals surface area contributed by atoms with Crippen molar-refractivity contribution < 1.29 is 22.0 Å². The van der Waals surface area contributed by atoms with Gasteiger partial charge >= 0.3 is 6.18 Å². The lowest BCUT2D eigenvalue weighted by Gasteiger charge is -2.29. The molecule has 0 bridgehead atoms. The van der Waals surface area contributed by atoms with Crippen molar-refractivity contribution in [2.45, 2.75) is 13.1 Å². The van der Waals surface area contributed by atoms with Gasteiger partial charge in [0.15, 0.2) is 11.2 Å². The van der Waals surface area contributed by atoms with E-state index in [2.05, 4.69) is 163 Å². The van der Waals surface area contributed by atoms with E-state index in [0.717, 1.165) is 133 Å². The fraction of sp³-hybridized carbons (Fsp3) is 0.0323. The van der Waals surface area contributed by atoms with Gasteiger partial charge in [-0.25, -0.2) is 0 Å². The van der Waals surface area contributed by atoms with Gasteiger partial charge in [0.1, 0.15) is 11.2 Å². The van der Waals surface area contributed by atoms with Crippen molar-refractivity contribution in [3.63, 3.8) is 0 Å². The third kappa shape index (κ3) is 5.90. The van der Waals surface area contributed by atoms with E-state index < -0.39 is 11.7 Å². The molecule has 0 spiro atoms. The number of halogens is 3. The Morgan fingerprint density at radius 3 is 1.23 bits per heavy atom. The van der Waals surface area contributed by atoms with Crippen LogP contribution in [0.5, 0.6) is 0 Å². The zero-order valence-corrected chi connectivity index (χ0v) is 37.0. The SMILES string of the molecule is Cc1ccc(N(c2ccc3ccc4c(N(c5ccc(C(F)(F)F)cc5)c5cccc6c5oc5ccc7ccccc7c56)ccc5ccc2c3c54)c2cccc3c2oc2ccc4ccccc4c23)cc1. The van der Waals surface area contributed by atoms with Gasteiger partial charge in [0.05, 0.1) is 28.3 Å². The van der Waals surface area contributed by atoms with Crippen LogP contribution in [0.4, 0.5) is 47.3 Å². The van der Waals surface area contributed by atoms with Crippen molar-refractivity contribution in [2.75, 3.05) is 9.80 Å². The Labute approximate surface area is 392 Å². The summed E-state index contributed by atoms with van der Waals surface area (Å²) in [4.78, 5) is 4.35.